The minimum atomic E-state index is 0.171. The number of ketones is 1. The van der Waals surface area contributed by atoms with Gasteiger partial charge in [0.1, 0.15) is 5.75 Å². The van der Waals surface area contributed by atoms with Crippen LogP contribution >= 0.6 is 11.8 Å². The number of rotatable bonds is 6. The van der Waals surface area contributed by atoms with Crippen LogP contribution in [0.3, 0.4) is 0 Å². The Bertz CT molecular complexity index is 306. The number of carbonyl (C=O) groups excluding carboxylic acids is 1. The molecule has 15 heavy (non-hydrogen) atoms. The molecule has 0 aromatic heterocycles. The van der Waals surface area contributed by atoms with E-state index < -0.39 is 0 Å². The summed E-state index contributed by atoms with van der Waals surface area (Å²) < 4.78 is 5.43. The first-order chi connectivity index (χ1) is 7.27. The first kappa shape index (κ1) is 12.1. The van der Waals surface area contributed by atoms with E-state index in [2.05, 4.69) is 6.92 Å². The maximum Gasteiger partial charge on any atom is 0.172 e. The number of thioether (sulfide) groups is 1. The lowest BCUT2D eigenvalue weighted by molar-refractivity contribution is 0.102. The van der Waals surface area contributed by atoms with Crippen molar-refractivity contribution in [2.45, 2.75) is 13.3 Å². The van der Waals surface area contributed by atoms with Gasteiger partial charge in [0.25, 0.3) is 0 Å². The summed E-state index contributed by atoms with van der Waals surface area (Å²) in [5, 5.41) is 0. The van der Waals surface area contributed by atoms with Gasteiger partial charge in [0.15, 0.2) is 5.78 Å². The molecule has 0 N–H and O–H groups in total. The molecule has 0 aliphatic heterocycles. The van der Waals surface area contributed by atoms with Gasteiger partial charge in [-0.3, -0.25) is 4.79 Å². The van der Waals surface area contributed by atoms with Crippen LogP contribution in [0.1, 0.15) is 23.7 Å². The standard InChI is InChI=1S/C12H16O2S/c1-3-8-14-11-6-4-10(5-7-11)12(13)9-15-2/h4-7H,3,8-9H2,1-2H3. The first-order valence-electron chi connectivity index (χ1n) is 5.03. The van der Waals surface area contributed by atoms with Gasteiger partial charge >= 0.3 is 0 Å². The average Bonchev–Trinajstić information content (AvgIpc) is 2.27. The molecule has 2 nitrogen and oxygen atoms in total. The zero-order chi connectivity index (χ0) is 11.1. The van der Waals surface area contributed by atoms with Crippen LogP contribution in [0.25, 0.3) is 0 Å². The fraction of sp³-hybridized carbons (Fsp3) is 0.417. The zero-order valence-corrected chi connectivity index (χ0v) is 9.97. The van der Waals surface area contributed by atoms with E-state index >= 15 is 0 Å². The lowest BCUT2D eigenvalue weighted by Crippen LogP contribution is -2.02. The van der Waals surface area contributed by atoms with E-state index in [-0.39, 0.29) is 5.78 Å². The second-order valence-electron chi connectivity index (χ2n) is 3.23. The highest BCUT2D eigenvalue weighted by molar-refractivity contribution is 7.99. The lowest BCUT2D eigenvalue weighted by Gasteiger charge is -2.04. The molecule has 1 rings (SSSR count). The van der Waals surface area contributed by atoms with Crippen molar-refractivity contribution in [2.24, 2.45) is 0 Å². The Hall–Kier alpha value is -0.960. The Morgan fingerprint density at radius 1 is 1.33 bits per heavy atom. The summed E-state index contributed by atoms with van der Waals surface area (Å²) >= 11 is 1.54. The molecule has 0 saturated heterocycles. The predicted molar refractivity (Wildman–Crippen MR) is 64.9 cm³/mol. The van der Waals surface area contributed by atoms with E-state index in [1.165, 1.54) is 0 Å². The average molecular weight is 224 g/mol. The maximum absolute atomic E-state index is 11.5. The van der Waals surface area contributed by atoms with Gasteiger partial charge in [-0.25, -0.2) is 0 Å². The number of carbonyl (C=O) groups is 1. The zero-order valence-electron chi connectivity index (χ0n) is 9.16. The molecule has 0 radical (unpaired) electrons. The summed E-state index contributed by atoms with van der Waals surface area (Å²) in [5.41, 5.74) is 0.758. The van der Waals surface area contributed by atoms with E-state index in [1.807, 2.05) is 30.5 Å². The molecule has 0 aliphatic rings. The number of hydrogen-bond acceptors (Lipinski definition) is 3. The number of Topliss-reactive ketones (excluding diaryl/α,β-unsaturated/α-hetero) is 1. The molecule has 1 aromatic rings. The third kappa shape index (κ3) is 3.96. The van der Waals surface area contributed by atoms with Crippen LogP contribution in [0.15, 0.2) is 24.3 Å². The van der Waals surface area contributed by atoms with Crippen molar-refractivity contribution < 1.29 is 9.53 Å². The molecular formula is C12H16O2S. The van der Waals surface area contributed by atoms with Gasteiger partial charge in [-0.15, -0.1) is 0 Å². The molecule has 1 aromatic carbocycles. The van der Waals surface area contributed by atoms with Gasteiger partial charge in [-0.05, 0) is 36.9 Å². The van der Waals surface area contributed by atoms with Crippen molar-refractivity contribution >= 4 is 17.5 Å². The predicted octanol–water partition coefficient (Wildman–Crippen LogP) is 3.02. The van der Waals surface area contributed by atoms with Crippen LogP contribution in [0.5, 0.6) is 5.75 Å². The van der Waals surface area contributed by atoms with E-state index in [4.69, 9.17) is 4.74 Å². The molecule has 0 fully saturated rings. The maximum atomic E-state index is 11.5. The summed E-state index contributed by atoms with van der Waals surface area (Å²) in [6.07, 6.45) is 2.92. The van der Waals surface area contributed by atoms with Crippen molar-refractivity contribution in [3.63, 3.8) is 0 Å². The fourth-order valence-electron chi connectivity index (χ4n) is 1.17. The Morgan fingerprint density at radius 3 is 2.53 bits per heavy atom. The minimum absolute atomic E-state index is 0.171. The summed E-state index contributed by atoms with van der Waals surface area (Å²) in [5.74, 6) is 1.54. The van der Waals surface area contributed by atoms with Crippen LogP contribution in [0.4, 0.5) is 0 Å². The van der Waals surface area contributed by atoms with Crippen molar-refractivity contribution in [2.75, 3.05) is 18.6 Å². The third-order valence-electron chi connectivity index (χ3n) is 1.92. The monoisotopic (exact) mass is 224 g/mol. The smallest absolute Gasteiger partial charge is 0.172 e. The topological polar surface area (TPSA) is 26.3 Å². The molecule has 0 saturated carbocycles. The highest BCUT2D eigenvalue weighted by Gasteiger charge is 2.04. The molecular weight excluding hydrogens is 208 g/mol. The molecule has 0 atom stereocenters. The SMILES string of the molecule is CCCOc1ccc(C(=O)CSC)cc1. The minimum Gasteiger partial charge on any atom is -0.494 e. The normalized spacial score (nSPS) is 10.0. The van der Waals surface area contributed by atoms with Gasteiger partial charge in [-0.1, -0.05) is 6.92 Å². The molecule has 0 spiro atoms. The van der Waals surface area contributed by atoms with Gasteiger partial charge in [-0.2, -0.15) is 11.8 Å². The van der Waals surface area contributed by atoms with Crippen LogP contribution in [0.2, 0.25) is 0 Å². The van der Waals surface area contributed by atoms with E-state index in [0.717, 1.165) is 24.3 Å². The molecule has 3 heteroatoms. The summed E-state index contributed by atoms with van der Waals surface area (Å²) in [7, 11) is 0. The van der Waals surface area contributed by atoms with Gasteiger partial charge in [0.05, 0.1) is 12.4 Å². The summed E-state index contributed by atoms with van der Waals surface area (Å²) in [6, 6.07) is 7.35. The van der Waals surface area contributed by atoms with E-state index in [1.54, 1.807) is 11.8 Å². The largest absolute Gasteiger partial charge is 0.494 e. The highest BCUT2D eigenvalue weighted by atomic mass is 32.2. The molecule has 82 valence electrons. The highest BCUT2D eigenvalue weighted by Crippen LogP contribution is 2.13. The summed E-state index contributed by atoms with van der Waals surface area (Å²) in [6.45, 7) is 2.79. The lowest BCUT2D eigenvalue weighted by atomic mass is 10.1. The van der Waals surface area contributed by atoms with Crippen molar-refractivity contribution in [1.82, 2.24) is 0 Å². The van der Waals surface area contributed by atoms with Crippen LogP contribution in [-0.4, -0.2) is 24.4 Å². The Morgan fingerprint density at radius 2 is 2.00 bits per heavy atom. The second kappa shape index (κ2) is 6.51. The van der Waals surface area contributed by atoms with Crippen molar-refractivity contribution in [3.8, 4) is 5.75 Å². The van der Waals surface area contributed by atoms with E-state index in [0.29, 0.717) is 5.75 Å². The van der Waals surface area contributed by atoms with E-state index in [9.17, 15) is 4.79 Å². The summed E-state index contributed by atoms with van der Waals surface area (Å²) in [4.78, 5) is 11.5. The van der Waals surface area contributed by atoms with Gasteiger partial charge < -0.3 is 4.74 Å². The number of ether oxygens (including phenoxy) is 1. The number of benzene rings is 1. The third-order valence-corrected chi connectivity index (χ3v) is 2.48. The Labute approximate surface area is 95.0 Å². The Kier molecular flexibility index (Phi) is 5.26. The van der Waals surface area contributed by atoms with Gasteiger partial charge in [0.2, 0.25) is 0 Å². The Balaban J connectivity index is 2.59. The van der Waals surface area contributed by atoms with Gasteiger partial charge in [0, 0.05) is 5.56 Å². The fourth-order valence-corrected chi connectivity index (χ4v) is 1.60. The molecule has 0 heterocycles. The quantitative estimate of drug-likeness (QED) is 0.695. The van der Waals surface area contributed by atoms with Crippen LogP contribution < -0.4 is 4.74 Å². The molecule has 0 aliphatic carbocycles. The van der Waals surface area contributed by atoms with Crippen LogP contribution in [0, 0.1) is 0 Å². The molecule has 0 amide bonds. The number of hydrogen-bond donors (Lipinski definition) is 0. The molecule has 0 unspecified atom stereocenters. The molecule has 0 bridgehead atoms. The van der Waals surface area contributed by atoms with Crippen molar-refractivity contribution in [3.05, 3.63) is 29.8 Å². The first-order valence-corrected chi connectivity index (χ1v) is 6.42. The van der Waals surface area contributed by atoms with Crippen molar-refractivity contribution in [1.29, 1.82) is 0 Å². The van der Waals surface area contributed by atoms with Crippen LogP contribution in [-0.2, 0) is 0 Å². The second-order valence-corrected chi connectivity index (χ2v) is 4.10.